The molecule has 1 unspecified atom stereocenters. The number of hydrogen-bond donors (Lipinski definition) is 2. The van der Waals surface area contributed by atoms with Gasteiger partial charge in [-0.3, -0.25) is 9.89 Å². The smallest absolute Gasteiger partial charge is 0.225 e. The second-order valence-electron chi connectivity index (χ2n) is 7.37. The summed E-state index contributed by atoms with van der Waals surface area (Å²) >= 11 is 0. The number of hydrogen-bond acceptors (Lipinski definition) is 7. The van der Waals surface area contributed by atoms with E-state index in [-0.39, 0.29) is 30.1 Å². The predicted molar refractivity (Wildman–Crippen MR) is 130 cm³/mol. The minimum Gasteiger partial charge on any atom is -0.379 e. The standard InChI is InChI=1S/C20H35N7O2.HI/c1-21-19(23-9-4-15-29-18-5-16-28-17-18)22-8-3-10-26-11-13-27(14-12-26)20-24-6-2-7-25-20;/h2,6-7,18H,3-5,8-17H2,1H3,(H2,21,22,23);1H. The van der Waals surface area contributed by atoms with Crippen LogP contribution in [-0.2, 0) is 9.47 Å². The van der Waals surface area contributed by atoms with Crippen molar-refractivity contribution in [3.63, 3.8) is 0 Å². The first-order chi connectivity index (χ1) is 14.3. The van der Waals surface area contributed by atoms with Crippen LogP contribution in [0.2, 0.25) is 0 Å². The van der Waals surface area contributed by atoms with E-state index in [0.717, 1.165) is 96.8 Å². The molecule has 10 heteroatoms. The molecule has 3 rings (SSSR count). The monoisotopic (exact) mass is 533 g/mol. The molecule has 1 aromatic heterocycles. The third-order valence-corrected chi connectivity index (χ3v) is 5.23. The summed E-state index contributed by atoms with van der Waals surface area (Å²) < 4.78 is 11.1. The number of nitrogens with zero attached hydrogens (tertiary/aromatic N) is 5. The summed E-state index contributed by atoms with van der Waals surface area (Å²) in [5, 5.41) is 6.75. The minimum atomic E-state index is 0. The van der Waals surface area contributed by atoms with Gasteiger partial charge in [0.2, 0.25) is 5.95 Å². The molecule has 2 saturated heterocycles. The van der Waals surface area contributed by atoms with Crippen molar-refractivity contribution in [2.75, 3.05) is 77.6 Å². The predicted octanol–water partition coefficient (Wildman–Crippen LogP) is 0.967. The van der Waals surface area contributed by atoms with Gasteiger partial charge in [0.15, 0.2) is 5.96 Å². The Bertz CT molecular complexity index is 594. The molecule has 0 aliphatic carbocycles. The van der Waals surface area contributed by atoms with Crippen molar-refractivity contribution in [1.82, 2.24) is 25.5 Å². The number of aliphatic imine (C=N–C) groups is 1. The molecular formula is C20H36IN7O2. The topological polar surface area (TPSA) is 87.1 Å². The first kappa shape index (κ1) is 25.0. The van der Waals surface area contributed by atoms with Crippen LogP contribution in [0, 0.1) is 0 Å². The maximum atomic E-state index is 5.78. The van der Waals surface area contributed by atoms with Crippen LogP contribution >= 0.6 is 24.0 Å². The summed E-state index contributed by atoms with van der Waals surface area (Å²) in [6, 6.07) is 1.86. The normalized spacial score (nSPS) is 20.1. The van der Waals surface area contributed by atoms with Gasteiger partial charge in [0.1, 0.15) is 0 Å². The van der Waals surface area contributed by atoms with E-state index in [2.05, 4.69) is 35.4 Å². The van der Waals surface area contributed by atoms with Crippen LogP contribution in [0.15, 0.2) is 23.5 Å². The lowest BCUT2D eigenvalue weighted by Crippen LogP contribution is -2.47. The Kier molecular flexibility index (Phi) is 12.3. The molecule has 0 amide bonds. The Labute approximate surface area is 197 Å². The molecule has 3 heterocycles. The van der Waals surface area contributed by atoms with Crippen LogP contribution < -0.4 is 15.5 Å². The van der Waals surface area contributed by atoms with Crippen LogP contribution in [-0.4, -0.2) is 99.6 Å². The Morgan fingerprint density at radius 3 is 2.57 bits per heavy atom. The van der Waals surface area contributed by atoms with Gasteiger partial charge in [-0.25, -0.2) is 9.97 Å². The van der Waals surface area contributed by atoms with Crippen LogP contribution in [0.4, 0.5) is 5.95 Å². The van der Waals surface area contributed by atoms with Crippen LogP contribution in [0.5, 0.6) is 0 Å². The lowest BCUT2D eigenvalue weighted by molar-refractivity contribution is 0.0420. The molecule has 2 aliphatic heterocycles. The van der Waals surface area contributed by atoms with Gasteiger partial charge in [0.25, 0.3) is 0 Å². The lowest BCUT2D eigenvalue weighted by atomic mass is 10.3. The van der Waals surface area contributed by atoms with E-state index in [1.807, 2.05) is 13.1 Å². The van der Waals surface area contributed by atoms with Gasteiger partial charge in [0, 0.05) is 71.9 Å². The molecule has 2 N–H and O–H groups in total. The van der Waals surface area contributed by atoms with E-state index in [4.69, 9.17) is 9.47 Å². The zero-order valence-electron chi connectivity index (χ0n) is 18.0. The Hall–Kier alpha value is -1.24. The molecule has 0 bridgehead atoms. The molecule has 9 nitrogen and oxygen atoms in total. The first-order valence-corrected chi connectivity index (χ1v) is 10.7. The maximum Gasteiger partial charge on any atom is 0.225 e. The summed E-state index contributed by atoms with van der Waals surface area (Å²) in [5.41, 5.74) is 0. The zero-order valence-corrected chi connectivity index (χ0v) is 20.3. The highest BCUT2D eigenvalue weighted by Crippen LogP contribution is 2.10. The number of halogens is 1. The fourth-order valence-corrected chi connectivity index (χ4v) is 3.53. The largest absolute Gasteiger partial charge is 0.379 e. The summed E-state index contributed by atoms with van der Waals surface area (Å²) in [5.74, 6) is 1.70. The summed E-state index contributed by atoms with van der Waals surface area (Å²) in [6.45, 7) is 9.26. The van der Waals surface area contributed by atoms with Crippen LogP contribution in [0.3, 0.4) is 0 Å². The SMILES string of the molecule is CN=C(NCCCOC1CCOC1)NCCCN1CCN(c2ncccn2)CC1.I. The van der Waals surface area contributed by atoms with E-state index >= 15 is 0 Å². The number of guanidine groups is 1. The van der Waals surface area contributed by atoms with Gasteiger partial charge in [0.05, 0.1) is 12.7 Å². The number of ether oxygens (including phenoxy) is 2. The molecule has 0 spiro atoms. The third kappa shape index (κ3) is 8.86. The average Bonchev–Trinajstić information content (AvgIpc) is 3.29. The molecule has 2 fully saturated rings. The van der Waals surface area contributed by atoms with Crippen molar-refractivity contribution in [1.29, 1.82) is 0 Å². The van der Waals surface area contributed by atoms with Crippen molar-refractivity contribution in [2.45, 2.75) is 25.4 Å². The average molecular weight is 533 g/mol. The number of nitrogens with one attached hydrogen (secondary N) is 2. The molecule has 170 valence electrons. The van der Waals surface area contributed by atoms with Gasteiger partial charge < -0.3 is 25.0 Å². The van der Waals surface area contributed by atoms with Crippen molar-refractivity contribution in [2.24, 2.45) is 4.99 Å². The lowest BCUT2D eigenvalue weighted by Gasteiger charge is -2.34. The molecule has 0 saturated carbocycles. The summed E-state index contributed by atoms with van der Waals surface area (Å²) in [4.78, 5) is 17.7. The molecule has 1 aromatic rings. The number of anilines is 1. The van der Waals surface area contributed by atoms with E-state index in [1.54, 1.807) is 12.4 Å². The molecule has 0 aromatic carbocycles. The Balaban J connectivity index is 0.00000320. The number of aromatic nitrogens is 2. The molecule has 2 aliphatic rings. The fraction of sp³-hybridized carbons (Fsp3) is 0.750. The van der Waals surface area contributed by atoms with E-state index in [1.165, 1.54) is 0 Å². The van der Waals surface area contributed by atoms with Gasteiger partial charge in [-0.1, -0.05) is 0 Å². The van der Waals surface area contributed by atoms with Gasteiger partial charge in [-0.2, -0.15) is 0 Å². The molecular weight excluding hydrogens is 497 g/mol. The minimum absolute atomic E-state index is 0. The van der Waals surface area contributed by atoms with Gasteiger partial charge >= 0.3 is 0 Å². The quantitative estimate of drug-likeness (QED) is 0.199. The Morgan fingerprint density at radius 2 is 1.90 bits per heavy atom. The molecule has 0 radical (unpaired) electrons. The summed E-state index contributed by atoms with van der Waals surface area (Å²) in [7, 11) is 1.81. The highest BCUT2D eigenvalue weighted by molar-refractivity contribution is 14.0. The van der Waals surface area contributed by atoms with E-state index in [0.29, 0.717) is 0 Å². The van der Waals surface area contributed by atoms with Crippen LogP contribution in [0.25, 0.3) is 0 Å². The molecule has 30 heavy (non-hydrogen) atoms. The fourth-order valence-electron chi connectivity index (χ4n) is 3.53. The highest BCUT2D eigenvalue weighted by Gasteiger charge is 2.18. The number of rotatable bonds is 10. The second-order valence-corrected chi connectivity index (χ2v) is 7.37. The van der Waals surface area contributed by atoms with Gasteiger partial charge in [-0.05, 0) is 31.9 Å². The first-order valence-electron chi connectivity index (χ1n) is 10.7. The van der Waals surface area contributed by atoms with Crippen molar-refractivity contribution >= 4 is 35.9 Å². The Morgan fingerprint density at radius 1 is 1.17 bits per heavy atom. The third-order valence-electron chi connectivity index (χ3n) is 5.23. The zero-order chi connectivity index (χ0) is 20.2. The van der Waals surface area contributed by atoms with Crippen molar-refractivity contribution in [3.8, 4) is 0 Å². The highest BCUT2D eigenvalue weighted by atomic mass is 127. The van der Waals surface area contributed by atoms with Crippen LogP contribution in [0.1, 0.15) is 19.3 Å². The summed E-state index contributed by atoms with van der Waals surface area (Å²) in [6.07, 6.45) is 6.97. The van der Waals surface area contributed by atoms with Crippen molar-refractivity contribution < 1.29 is 9.47 Å². The van der Waals surface area contributed by atoms with E-state index < -0.39 is 0 Å². The second kappa shape index (κ2) is 14.7. The van der Waals surface area contributed by atoms with E-state index in [9.17, 15) is 0 Å². The van der Waals surface area contributed by atoms with Gasteiger partial charge in [-0.15, -0.1) is 24.0 Å². The maximum absolute atomic E-state index is 5.78. The number of piperazine rings is 1. The van der Waals surface area contributed by atoms with Crippen molar-refractivity contribution in [3.05, 3.63) is 18.5 Å². The molecule has 1 atom stereocenters.